The van der Waals surface area contributed by atoms with Gasteiger partial charge >= 0.3 is 0 Å². The molecule has 0 bridgehead atoms. The number of guanidine groups is 1. The van der Waals surface area contributed by atoms with E-state index < -0.39 is 0 Å². The van der Waals surface area contributed by atoms with E-state index in [1.807, 2.05) is 55.5 Å². The van der Waals surface area contributed by atoms with Crippen molar-refractivity contribution in [3.63, 3.8) is 0 Å². The largest absolute Gasteiger partial charge is 0.489 e. The predicted octanol–water partition coefficient (Wildman–Crippen LogP) is 2.82. The van der Waals surface area contributed by atoms with Crippen molar-refractivity contribution in [1.82, 2.24) is 9.97 Å². The van der Waals surface area contributed by atoms with Crippen LogP contribution in [0, 0.1) is 12.3 Å². The molecule has 4 N–H and O–H groups in total. The first-order valence-electron chi connectivity index (χ1n) is 7.18. The smallest absolute Gasteiger partial charge is 0.230 e. The molecule has 6 nitrogen and oxygen atoms in total. The van der Waals surface area contributed by atoms with Gasteiger partial charge < -0.3 is 10.5 Å². The molecule has 2 aromatic carbocycles. The first-order chi connectivity index (χ1) is 11.1. The molecule has 0 amide bonds. The molecule has 3 rings (SSSR count). The SMILES string of the molecule is Cc1nc(NC(=N)N)nc2cc(OCc3ccccc3)ccc12. The molecule has 0 radical (unpaired) electrons. The summed E-state index contributed by atoms with van der Waals surface area (Å²) in [5, 5.41) is 10.8. The molecular formula is C17H17N5O. The van der Waals surface area contributed by atoms with E-state index in [4.69, 9.17) is 15.9 Å². The third-order valence-electron chi connectivity index (χ3n) is 3.35. The quantitative estimate of drug-likeness (QED) is 0.508. The van der Waals surface area contributed by atoms with Crippen LogP contribution in [0.3, 0.4) is 0 Å². The first kappa shape index (κ1) is 14.8. The third-order valence-corrected chi connectivity index (χ3v) is 3.35. The fourth-order valence-electron chi connectivity index (χ4n) is 2.28. The molecule has 0 saturated carbocycles. The minimum absolute atomic E-state index is 0.194. The summed E-state index contributed by atoms with van der Waals surface area (Å²) in [7, 11) is 0. The number of ether oxygens (including phenoxy) is 1. The van der Waals surface area contributed by atoms with Crippen LogP contribution >= 0.6 is 0 Å². The number of aromatic nitrogens is 2. The van der Waals surface area contributed by atoms with Gasteiger partial charge in [0.15, 0.2) is 5.96 Å². The highest BCUT2D eigenvalue weighted by molar-refractivity contribution is 5.90. The summed E-state index contributed by atoms with van der Waals surface area (Å²) < 4.78 is 5.81. The van der Waals surface area contributed by atoms with Crippen molar-refractivity contribution < 1.29 is 4.74 Å². The molecule has 0 fully saturated rings. The fraction of sp³-hybridized carbons (Fsp3) is 0.118. The highest BCUT2D eigenvalue weighted by atomic mass is 16.5. The van der Waals surface area contributed by atoms with Crippen LogP contribution < -0.4 is 15.8 Å². The number of rotatable bonds is 4. The van der Waals surface area contributed by atoms with E-state index in [1.54, 1.807) is 0 Å². The van der Waals surface area contributed by atoms with Gasteiger partial charge in [-0.25, -0.2) is 9.97 Å². The van der Waals surface area contributed by atoms with Crippen molar-refractivity contribution in [2.75, 3.05) is 5.32 Å². The molecule has 0 aliphatic heterocycles. The maximum Gasteiger partial charge on any atom is 0.230 e. The van der Waals surface area contributed by atoms with Crippen LogP contribution in [0.5, 0.6) is 5.75 Å². The molecule has 0 spiro atoms. The number of aryl methyl sites for hydroxylation is 1. The predicted molar refractivity (Wildman–Crippen MR) is 90.6 cm³/mol. The molecule has 0 saturated heterocycles. The van der Waals surface area contributed by atoms with Gasteiger partial charge in [-0.2, -0.15) is 0 Å². The Morgan fingerprint density at radius 1 is 1.17 bits per heavy atom. The van der Waals surface area contributed by atoms with E-state index in [0.29, 0.717) is 12.6 Å². The van der Waals surface area contributed by atoms with E-state index in [0.717, 1.165) is 27.9 Å². The third kappa shape index (κ3) is 3.55. The van der Waals surface area contributed by atoms with Gasteiger partial charge in [0.1, 0.15) is 12.4 Å². The zero-order valence-electron chi connectivity index (χ0n) is 12.7. The Morgan fingerprint density at radius 2 is 1.96 bits per heavy atom. The minimum Gasteiger partial charge on any atom is -0.489 e. The molecule has 0 atom stereocenters. The van der Waals surface area contributed by atoms with Gasteiger partial charge in [-0.05, 0) is 24.6 Å². The number of fused-ring (bicyclic) bond motifs is 1. The van der Waals surface area contributed by atoms with Crippen LogP contribution in [0.2, 0.25) is 0 Å². The number of anilines is 1. The van der Waals surface area contributed by atoms with Gasteiger partial charge in [0.2, 0.25) is 5.95 Å². The Bertz CT molecular complexity index is 848. The Morgan fingerprint density at radius 3 is 2.70 bits per heavy atom. The summed E-state index contributed by atoms with van der Waals surface area (Å²) in [6.07, 6.45) is 0. The summed E-state index contributed by atoms with van der Waals surface area (Å²) in [4.78, 5) is 8.65. The molecule has 0 unspecified atom stereocenters. The molecule has 116 valence electrons. The van der Waals surface area contributed by atoms with Crippen molar-refractivity contribution >= 4 is 22.8 Å². The number of benzene rings is 2. The molecule has 1 aromatic heterocycles. The average Bonchev–Trinajstić information content (AvgIpc) is 2.53. The fourth-order valence-corrected chi connectivity index (χ4v) is 2.28. The van der Waals surface area contributed by atoms with Crippen molar-refractivity contribution in [3.8, 4) is 5.75 Å². The van der Waals surface area contributed by atoms with Crippen molar-refractivity contribution in [2.24, 2.45) is 5.73 Å². The minimum atomic E-state index is -0.194. The van der Waals surface area contributed by atoms with Gasteiger partial charge in [-0.1, -0.05) is 30.3 Å². The Labute approximate surface area is 133 Å². The van der Waals surface area contributed by atoms with Crippen molar-refractivity contribution in [1.29, 1.82) is 5.41 Å². The van der Waals surface area contributed by atoms with Crippen LogP contribution in [-0.2, 0) is 6.61 Å². The number of nitrogens with two attached hydrogens (primary N) is 1. The van der Waals surface area contributed by atoms with Crippen LogP contribution in [-0.4, -0.2) is 15.9 Å². The van der Waals surface area contributed by atoms with Gasteiger partial charge in [0, 0.05) is 11.5 Å². The summed E-state index contributed by atoms with van der Waals surface area (Å²) in [6, 6.07) is 15.7. The molecule has 23 heavy (non-hydrogen) atoms. The summed E-state index contributed by atoms with van der Waals surface area (Å²) in [5.74, 6) is 0.844. The van der Waals surface area contributed by atoms with E-state index in [1.165, 1.54) is 0 Å². The van der Waals surface area contributed by atoms with Crippen LogP contribution in [0.25, 0.3) is 10.9 Å². The van der Waals surface area contributed by atoms with E-state index in [9.17, 15) is 0 Å². The maximum absolute atomic E-state index is 7.28. The Hall–Kier alpha value is -3.15. The molecular weight excluding hydrogens is 290 g/mol. The first-order valence-corrected chi connectivity index (χ1v) is 7.18. The lowest BCUT2D eigenvalue weighted by Gasteiger charge is -2.09. The highest BCUT2D eigenvalue weighted by Crippen LogP contribution is 2.23. The van der Waals surface area contributed by atoms with Crippen LogP contribution in [0.15, 0.2) is 48.5 Å². The number of hydrogen-bond donors (Lipinski definition) is 3. The number of hydrogen-bond acceptors (Lipinski definition) is 4. The second kappa shape index (κ2) is 6.31. The summed E-state index contributed by atoms with van der Waals surface area (Å²) in [5.41, 5.74) is 7.99. The van der Waals surface area contributed by atoms with Gasteiger partial charge in [-0.15, -0.1) is 0 Å². The molecule has 1 heterocycles. The Kier molecular flexibility index (Phi) is 4.05. The lowest BCUT2D eigenvalue weighted by atomic mass is 10.2. The van der Waals surface area contributed by atoms with E-state index in [-0.39, 0.29) is 5.96 Å². The topological polar surface area (TPSA) is 96.9 Å². The van der Waals surface area contributed by atoms with Crippen molar-refractivity contribution in [3.05, 3.63) is 59.8 Å². The molecule has 3 aromatic rings. The molecule has 0 aliphatic rings. The number of nitrogens with one attached hydrogen (secondary N) is 2. The van der Waals surface area contributed by atoms with E-state index >= 15 is 0 Å². The monoisotopic (exact) mass is 307 g/mol. The second-order valence-electron chi connectivity index (χ2n) is 5.12. The zero-order chi connectivity index (χ0) is 16.2. The molecule has 6 heteroatoms. The summed E-state index contributed by atoms with van der Waals surface area (Å²) in [6.45, 7) is 2.38. The second-order valence-corrected chi connectivity index (χ2v) is 5.12. The highest BCUT2D eigenvalue weighted by Gasteiger charge is 2.07. The normalized spacial score (nSPS) is 10.5. The standard InChI is InChI=1S/C17H17N5O/c1-11-14-8-7-13(23-10-12-5-3-2-4-6-12)9-15(14)21-17(20-11)22-16(18)19/h2-9H,10H2,1H3,(H4,18,19,20,21,22). The van der Waals surface area contributed by atoms with Crippen LogP contribution in [0.1, 0.15) is 11.3 Å². The Balaban J connectivity index is 1.86. The van der Waals surface area contributed by atoms with Crippen LogP contribution in [0.4, 0.5) is 5.95 Å². The maximum atomic E-state index is 7.28. The van der Waals surface area contributed by atoms with Gasteiger partial charge in [-0.3, -0.25) is 10.7 Å². The van der Waals surface area contributed by atoms with E-state index in [2.05, 4.69) is 15.3 Å². The van der Waals surface area contributed by atoms with Gasteiger partial charge in [0.05, 0.1) is 11.2 Å². The average molecular weight is 307 g/mol. The molecule has 0 aliphatic carbocycles. The zero-order valence-corrected chi connectivity index (χ0v) is 12.7. The summed E-state index contributed by atoms with van der Waals surface area (Å²) >= 11 is 0. The lowest BCUT2D eigenvalue weighted by Crippen LogP contribution is -2.22. The number of nitrogens with zero attached hydrogens (tertiary/aromatic N) is 2. The lowest BCUT2D eigenvalue weighted by molar-refractivity contribution is 0.306. The van der Waals surface area contributed by atoms with Crippen molar-refractivity contribution in [2.45, 2.75) is 13.5 Å². The van der Waals surface area contributed by atoms with Gasteiger partial charge in [0.25, 0.3) is 0 Å².